The number of hydrogen-bond donors (Lipinski definition) is 5. The molecule has 0 aliphatic heterocycles. The lowest BCUT2D eigenvalue weighted by Crippen LogP contribution is -2.73. The van der Waals surface area contributed by atoms with Gasteiger partial charge >= 0.3 is 5.97 Å². The fourth-order valence-electron chi connectivity index (χ4n) is 3.37. The van der Waals surface area contributed by atoms with Crippen molar-refractivity contribution in [2.75, 3.05) is 25.5 Å². The van der Waals surface area contributed by atoms with Gasteiger partial charge < -0.3 is 21.5 Å². The molecule has 0 bridgehead atoms. The van der Waals surface area contributed by atoms with Crippen molar-refractivity contribution in [2.24, 2.45) is 5.73 Å². The number of amides is 1. The maximum Gasteiger partial charge on any atom is 0.305 e. The molecule has 10 heteroatoms. The molecular formula is C23H29N6O4+. The number of pyridine rings is 2. The van der Waals surface area contributed by atoms with Gasteiger partial charge in [0.2, 0.25) is 0 Å². The van der Waals surface area contributed by atoms with Crippen LogP contribution in [-0.4, -0.2) is 52.7 Å². The van der Waals surface area contributed by atoms with E-state index < -0.39 is 23.5 Å². The van der Waals surface area contributed by atoms with Crippen molar-refractivity contribution >= 4 is 23.1 Å². The third-order valence-electron chi connectivity index (χ3n) is 5.35. The summed E-state index contributed by atoms with van der Waals surface area (Å²) in [5, 5.41) is 15.2. The third kappa shape index (κ3) is 6.16. The van der Waals surface area contributed by atoms with E-state index in [4.69, 9.17) is 5.73 Å². The number of aromatic nitrogens is 1. The molecule has 10 nitrogen and oxygen atoms in total. The van der Waals surface area contributed by atoms with Gasteiger partial charge in [-0.05, 0) is 36.9 Å². The normalized spacial score (nSPS) is 13.0. The number of benzene rings is 1. The zero-order chi connectivity index (χ0) is 24.0. The van der Waals surface area contributed by atoms with Gasteiger partial charge in [0.05, 0.1) is 18.0 Å². The van der Waals surface area contributed by atoms with E-state index in [9.17, 15) is 19.5 Å². The number of fused-ring (bicyclic) bond motifs is 1. The van der Waals surface area contributed by atoms with Crippen LogP contribution in [0.3, 0.4) is 0 Å². The minimum absolute atomic E-state index is 0.0643. The summed E-state index contributed by atoms with van der Waals surface area (Å²) in [4.78, 5) is 39.0. The molecule has 0 saturated heterocycles. The number of anilines is 1. The van der Waals surface area contributed by atoms with Gasteiger partial charge in [-0.15, -0.1) is 0 Å². The van der Waals surface area contributed by atoms with Gasteiger partial charge in [-0.2, -0.15) is 0 Å². The van der Waals surface area contributed by atoms with E-state index in [1.165, 1.54) is 10.5 Å². The molecule has 2 heterocycles. The number of rotatable bonds is 10. The Balaban J connectivity index is 1.77. The molecule has 1 amide bonds. The van der Waals surface area contributed by atoms with Gasteiger partial charge in [-0.25, -0.2) is 4.90 Å². The van der Waals surface area contributed by atoms with Crippen LogP contribution in [0.2, 0.25) is 0 Å². The van der Waals surface area contributed by atoms with Gasteiger partial charge in [-0.1, -0.05) is 30.3 Å². The van der Waals surface area contributed by atoms with Crippen molar-refractivity contribution in [1.29, 1.82) is 0 Å². The topological polar surface area (TPSA) is 157 Å². The van der Waals surface area contributed by atoms with Gasteiger partial charge in [0, 0.05) is 25.0 Å². The highest BCUT2D eigenvalue weighted by Crippen LogP contribution is 2.17. The second kappa shape index (κ2) is 10.7. The highest BCUT2D eigenvalue weighted by atomic mass is 16.4. The van der Waals surface area contributed by atoms with Gasteiger partial charge in [0.25, 0.3) is 11.5 Å². The largest absolute Gasteiger partial charge is 0.481 e. The Morgan fingerprint density at radius 3 is 2.58 bits per heavy atom. The number of nitrogens with two attached hydrogens (primary N) is 1. The number of nitrogens with zero attached hydrogens (tertiary/aromatic N) is 2. The number of carbonyl (C=O) groups excluding carboxylic acids is 1. The fourth-order valence-corrected chi connectivity index (χ4v) is 3.37. The molecule has 0 spiro atoms. The molecule has 2 aromatic heterocycles. The van der Waals surface area contributed by atoms with Gasteiger partial charge in [0.1, 0.15) is 5.56 Å². The quantitative estimate of drug-likeness (QED) is 0.272. The SMILES string of the molecule is CN(CCNc1ccn2c(=O)c(C(=O)NC(CC(=O)O)c3ccccc3)ccc2c1)C(N)[NH3+]. The fraction of sp³-hybridized carbons (Fsp3) is 0.261. The van der Waals surface area contributed by atoms with Gasteiger partial charge in [-0.3, -0.25) is 24.5 Å². The van der Waals surface area contributed by atoms with Crippen molar-refractivity contribution in [3.05, 3.63) is 82.3 Å². The summed E-state index contributed by atoms with van der Waals surface area (Å²) in [6.07, 6.45) is 1.01. The molecule has 33 heavy (non-hydrogen) atoms. The monoisotopic (exact) mass is 453 g/mol. The van der Waals surface area contributed by atoms with Crippen molar-refractivity contribution in [2.45, 2.75) is 18.8 Å². The second-order valence-electron chi connectivity index (χ2n) is 7.77. The summed E-state index contributed by atoms with van der Waals surface area (Å²) < 4.78 is 1.38. The van der Waals surface area contributed by atoms with Crippen LogP contribution in [0.25, 0.3) is 5.52 Å². The van der Waals surface area contributed by atoms with Crippen LogP contribution >= 0.6 is 0 Å². The first kappa shape index (κ1) is 23.9. The van der Waals surface area contributed by atoms with Crippen molar-refractivity contribution in [1.82, 2.24) is 14.6 Å². The second-order valence-corrected chi connectivity index (χ2v) is 7.77. The molecule has 0 aliphatic rings. The van der Waals surface area contributed by atoms with Gasteiger partial charge in [0.15, 0.2) is 6.29 Å². The first-order valence-corrected chi connectivity index (χ1v) is 10.5. The zero-order valence-electron chi connectivity index (χ0n) is 18.4. The molecule has 2 unspecified atom stereocenters. The number of carboxylic acids is 1. The summed E-state index contributed by atoms with van der Waals surface area (Å²) in [7, 11) is 1.88. The molecule has 1 aromatic carbocycles. The molecule has 3 rings (SSSR count). The van der Waals surface area contributed by atoms with E-state index in [2.05, 4.69) is 16.4 Å². The highest BCUT2D eigenvalue weighted by Gasteiger charge is 2.21. The van der Waals surface area contributed by atoms with Crippen molar-refractivity contribution in [3.63, 3.8) is 0 Å². The highest BCUT2D eigenvalue weighted by molar-refractivity contribution is 5.94. The Labute approximate surface area is 190 Å². The number of likely N-dealkylation sites (N-methyl/N-ethyl adjacent to an activating group) is 1. The average Bonchev–Trinajstić information content (AvgIpc) is 2.79. The third-order valence-corrected chi connectivity index (χ3v) is 5.35. The van der Waals surface area contributed by atoms with E-state index >= 15 is 0 Å². The minimum atomic E-state index is -1.05. The van der Waals surface area contributed by atoms with Crippen LogP contribution in [0, 0.1) is 0 Å². The Morgan fingerprint density at radius 1 is 1.18 bits per heavy atom. The van der Waals surface area contributed by atoms with Crippen LogP contribution in [0.15, 0.2) is 65.6 Å². The Hall–Kier alpha value is -3.73. The van der Waals surface area contributed by atoms with E-state index in [1.807, 2.05) is 18.0 Å². The summed E-state index contributed by atoms with van der Waals surface area (Å²) in [5.74, 6) is -1.68. The van der Waals surface area contributed by atoms with E-state index in [0.717, 1.165) is 5.69 Å². The van der Waals surface area contributed by atoms with E-state index in [-0.39, 0.29) is 18.3 Å². The van der Waals surface area contributed by atoms with Crippen LogP contribution in [-0.2, 0) is 4.79 Å². The lowest BCUT2D eigenvalue weighted by atomic mass is 10.0. The number of quaternary nitrogens is 1. The summed E-state index contributed by atoms with van der Waals surface area (Å²) in [5.41, 5.74) is 11.0. The molecule has 0 saturated carbocycles. The lowest BCUT2D eigenvalue weighted by Gasteiger charge is -2.18. The molecule has 2 atom stereocenters. The number of hydrogen-bond acceptors (Lipinski definition) is 6. The molecule has 3 aromatic rings. The number of nitrogens with one attached hydrogen (secondary N) is 2. The summed E-state index contributed by atoms with van der Waals surface area (Å²) in [6.45, 7) is 1.34. The first-order valence-electron chi connectivity index (χ1n) is 10.5. The van der Waals surface area contributed by atoms with Crippen LogP contribution in [0.1, 0.15) is 28.4 Å². The molecular weight excluding hydrogens is 424 g/mol. The maximum atomic E-state index is 12.9. The Kier molecular flexibility index (Phi) is 7.78. The number of aliphatic carboxylic acids is 1. The maximum absolute atomic E-state index is 12.9. The van der Waals surface area contributed by atoms with Crippen LogP contribution in [0.5, 0.6) is 0 Å². The van der Waals surface area contributed by atoms with Crippen molar-refractivity contribution in [3.8, 4) is 0 Å². The first-order chi connectivity index (χ1) is 15.8. The summed E-state index contributed by atoms with van der Waals surface area (Å²) in [6, 6.07) is 14.7. The molecule has 8 N–H and O–H groups in total. The van der Waals surface area contributed by atoms with E-state index in [1.54, 1.807) is 48.7 Å². The van der Waals surface area contributed by atoms with Crippen LogP contribution < -0.4 is 27.7 Å². The Bertz CT molecular complexity index is 1180. The zero-order valence-corrected chi connectivity index (χ0v) is 18.4. The Morgan fingerprint density at radius 2 is 1.91 bits per heavy atom. The predicted octanol–water partition coefficient (Wildman–Crippen LogP) is 0.0732. The predicted molar refractivity (Wildman–Crippen MR) is 125 cm³/mol. The number of carboxylic acid groups (broad SMARTS) is 1. The molecule has 174 valence electrons. The smallest absolute Gasteiger partial charge is 0.305 e. The standard InChI is InChI=1S/C23H28N6O4/c1-28(23(24)25)12-10-26-16-9-11-29-17(13-16)7-8-18(22(29)33)21(32)27-19(14-20(30)31)15-5-3-2-4-6-15/h2-9,11,13,19,23,26H,10,12,14,24-25H2,1H3,(H,27,32)(H,30,31)/p+1. The van der Waals surface area contributed by atoms with E-state index in [0.29, 0.717) is 24.2 Å². The minimum Gasteiger partial charge on any atom is -0.481 e. The molecule has 0 aliphatic carbocycles. The lowest BCUT2D eigenvalue weighted by molar-refractivity contribution is -0.453. The average molecular weight is 454 g/mol. The molecule has 0 fully saturated rings. The summed E-state index contributed by atoms with van der Waals surface area (Å²) >= 11 is 0. The van der Waals surface area contributed by atoms with Crippen molar-refractivity contribution < 1.29 is 20.4 Å². The number of carbonyl (C=O) groups is 2. The molecule has 0 radical (unpaired) electrons. The van der Waals surface area contributed by atoms with Crippen LogP contribution in [0.4, 0.5) is 5.69 Å².